The van der Waals surface area contributed by atoms with E-state index in [0.29, 0.717) is 5.92 Å². The summed E-state index contributed by atoms with van der Waals surface area (Å²) in [6, 6.07) is 12.3. The Morgan fingerprint density at radius 2 is 1.58 bits per heavy atom. The molecule has 0 spiro atoms. The summed E-state index contributed by atoms with van der Waals surface area (Å²) in [6.45, 7) is 6.27. The molecule has 1 aromatic heterocycles. The fourth-order valence-corrected chi connectivity index (χ4v) is 1.87. The highest BCUT2D eigenvalue weighted by molar-refractivity contribution is 5.58. The fraction of sp³-hybridized carbons (Fsp3) is 0.375. The van der Waals surface area contributed by atoms with Crippen LogP contribution in [0.5, 0.6) is 0 Å². The van der Waals surface area contributed by atoms with Crippen LogP contribution in [0.4, 0.5) is 0 Å². The smallest absolute Gasteiger partial charge is 0.0929 e. The first kappa shape index (κ1) is 13.7. The average Bonchev–Trinajstić information content (AvgIpc) is 2.46. The van der Waals surface area contributed by atoms with E-state index in [1.165, 1.54) is 0 Å². The molecular formula is C16H20N2O. The van der Waals surface area contributed by atoms with E-state index in [0.717, 1.165) is 22.5 Å². The van der Waals surface area contributed by atoms with Gasteiger partial charge < -0.3 is 4.74 Å². The maximum Gasteiger partial charge on any atom is 0.0929 e. The summed E-state index contributed by atoms with van der Waals surface area (Å²) in [5.74, 6) is 0.409. The van der Waals surface area contributed by atoms with E-state index < -0.39 is 0 Å². The van der Waals surface area contributed by atoms with Crippen molar-refractivity contribution in [2.75, 3.05) is 7.11 Å². The van der Waals surface area contributed by atoms with Crippen molar-refractivity contribution >= 4 is 0 Å². The Morgan fingerprint density at radius 3 is 2.05 bits per heavy atom. The number of methoxy groups -OCH3 is 1. The van der Waals surface area contributed by atoms with Crippen LogP contribution in [0, 0.1) is 0 Å². The van der Waals surface area contributed by atoms with Crippen LogP contribution in [-0.4, -0.2) is 17.3 Å². The quantitative estimate of drug-likeness (QED) is 0.830. The molecule has 0 aliphatic rings. The van der Waals surface area contributed by atoms with Gasteiger partial charge in [0.25, 0.3) is 0 Å². The van der Waals surface area contributed by atoms with Gasteiger partial charge in [-0.2, -0.15) is 10.2 Å². The summed E-state index contributed by atoms with van der Waals surface area (Å²) in [6.07, 6.45) is 0.114. The normalized spacial score (nSPS) is 12.7. The summed E-state index contributed by atoms with van der Waals surface area (Å²) < 4.78 is 5.30. The number of rotatable bonds is 4. The molecule has 0 radical (unpaired) electrons. The zero-order valence-electron chi connectivity index (χ0n) is 11.9. The van der Waals surface area contributed by atoms with Gasteiger partial charge >= 0.3 is 0 Å². The summed E-state index contributed by atoms with van der Waals surface area (Å²) in [7, 11) is 1.72. The lowest BCUT2D eigenvalue weighted by atomic mass is 10.1. The Kier molecular flexibility index (Phi) is 4.27. The van der Waals surface area contributed by atoms with Gasteiger partial charge in [-0.15, -0.1) is 0 Å². The Labute approximate surface area is 114 Å². The minimum absolute atomic E-state index is 0.114. The molecule has 0 bridgehead atoms. The molecule has 100 valence electrons. The minimum Gasteiger partial charge on any atom is -0.377 e. The lowest BCUT2D eigenvalue weighted by molar-refractivity contribution is 0.119. The van der Waals surface area contributed by atoms with Crippen LogP contribution >= 0.6 is 0 Å². The van der Waals surface area contributed by atoms with Gasteiger partial charge in [0.1, 0.15) is 0 Å². The van der Waals surface area contributed by atoms with E-state index in [1.54, 1.807) is 7.11 Å². The van der Waals surface area contributed by atoms with Crippen molar-refractivity contribution in [2.45, 2.75) is 32.8 Å². The topological polar surface area (TPSA) is 35.0 Å². The summed E-state index contributed by atoms with van der Waals surface area (Å²) in [5, 5.41) is 8.54. The van der Waals surface area contributed by atoms with Gasteiger partial charge in [0, 0.05) is 12.7 Å². The highest BCUT2D eigenvalue weighted by atomic mass is 16.5. The Hall–Kier alpha value is -1.74. The lowest BCUT2D eigenvalue weighted by Crippen LogP contribution is -1.97. The number of benzene rings is 1. The number of hydrogen-bond donors (Lipinski definition) is 0. The predicted molar refractivity (Wildman–Crippen MR) is 77.0 cm³/mol. The van der Waals surface area contributed by atoms with Gasteiger partial charge in [-0.1, -0.05) is 38.1 Å². The third kappa shape index (κ3) is 3.18. The summed E-state index contributed by atoms with van der Waals surface area (Å²) >= 11 is 0. The van der Waals surface area contributed by atoms with Crippen LogP contribution in [-0.2, 0) is 4.74 Å². The standard InChI is InChI=1S/C16H20N2O/c1-11(2)15-9-10-16(18-17-15)14-7-5-13(6-8-14)12(3)19-4/h5-12H,1-4H3. The molecular weight excluding hydrogens is 236 g/mol. The molecule has 3 nitrogen and oxygen atoms in total. The second-order valence-corrected chi connectivity index (χ2v) is 5.00. The SMILES string of the molecule is COC(C)c1ccc(-c2ccc(C(C)C)nn2)cc1. The van der Waals surface area contributed by atoms with Gasteiger partial charge in [0.2, 0.25) is 0 Å². The van der Waals surface area contributed by atoms with E-state index >= 15 is 0 Å². The molecule has 0 amide bonds. The fourth-order valence-electron chi connectivity index (χ4n) is 1.87. The van der Waals surface area contributed by atoms with Crippen molar-refractivity contribution in [2.24, 2.45) is 0 Å². The van der Waals surface area contributed by atoms with Crippen molar-refractivity contribution in [1.29, 1.82) is 0 Å². The summed E-state index contributed by atoms with van der Waals surface area (Å²) in [4.78, 5) is 0. The Morgan fingerprint density at radius 1 is 0.895 bits per heavy atom. The van der Waals surface area contributed by atoms with E-state index in [9.17, 15) is 0 Å². The maximum atomic E-state index is 5.30. The van der Waals surface area contributed by atoms with Crippen LogP contribution in [0.15, 0.2) is 36.4 Å². The molecule has 1 atom stereocenters. The van der Waals surface area contributed by atoms with Crippen molar-refractivity contribution in [1.82, 2.24) is 10.2 Å². The average molecular weight is 256 g/mol. The predicted octanol–water partition coefficient (Wildman–Crippen LogP) is 3.97. The van der Waals surface area contributed by atoms with E-state index in [-0.39, 0.29) is 6.10 Å². The van der Waals surface area contributed by atoms with Gasteiger partial charge in [-0.3, -0.25) is 0 Å². The van der Waals surface area contributed by atoms with Crippen molar-refractivity contribution in [3.63, 3.8) is 0 Å². The molecule has 1 heterocycles. The van der Waals surface area contributed by atoms with Crippen LogP contribution in [0.25, 0.3) is 11.3 Å². The second kappa shape index (κ2) is 5.93. The van der Waals surface area contributed by atoms with Crippen LogP contribution < -0.4 is 0 Å². The summed E-state index contributed by atoms with van der Waals surface area (Å²) in [5.41, 5.74) is 4.17. The van der Waals surface area contributed by atoms with Crippen LogP contribution in [0.3, 0.4) is 0 Å². The minimum atomic E-state index is 0.114. The molecule has 0 saturated carbocycles. The van der Waals surface area contributed by atoms with Crippen molar-refractivity contribution in [3.05, 3.63) is 47.7 Å². The molecule has 2 aromatic rings. The van der Waals surface area contributed by atoms with Gasteiger partial charge in [-0.05, 0) is 30.5 Å². The first-order chi connectivity index (χ1) is 9.11. The third-order valence-corrected chi connectivity index (χ3v) is 3.31. The zero-order valence-corrected chi connectivity index (χ0v) is 11.9. The number of ether oxygens (including phenoxy) is 1. The molecule has 2 rings (SSSR count). The van der Waals surface area contributed by atoms with Crippen molar-refractivity contribution in [3.8, 4) is 11.3 Å². The van der Waals surface area contributed by atoms with E-state index in [1.807, 2.05) is 19.1 Å². The molecule has 0 aliphatic heterocycles. The first-order valence-corrected chi connectivity index (χ1v) is 6.58. The van der Waals surface area contributed by atoms with Gasteiger partial charge in [0.15, 0.2) is 0 Å². The van der Waals surface area contributed by atoms with Crippen LogP contribution in [0.1, 0.15) is 44.1 Å². The van der Waals surface area contributed by atoms with Gasteiger partial charge in [-0.25, -0.2) is 0 Å². The molecule has 0 N–H and O–H groups in total. The first-order valence-electron chi connectivity index (χ1n) is 6.58. The Bertz CT molecular complexity index is 517. The molecule has 1 unspecified atom stereocenters. The maximum absolute atomic E-state index is 5.30. The molecule has 19 heavy (non-hydrogen) atoms. The van der Waals surface area contributed by atoms with Crippen molar-refractivity contribution < 1.29 is 4.74 Å². The number of hydrogen-bond acceptors (Lipinski definition) is 3. The number of nitrogens with zero attached hydrogens (tertiary/aromatic N) is 2. The second-order valence-electron chi connectivity index (χ2n) is 5.00. The monoisotopic (exact) mass is 256 g/mol. The zero-order chi connectivity index (χ0) is 13.8. The molecule has 0 saturated heterocycles. The van der Waals surface area contributed by atoms with Crippen LogP contribution in [0.2, 0.25) is 0 Å². The molecule has 0 aliphatic carbocycles. The number of aromatic nitrogens is 2. The highest BCUT2D eigenvalue weighted by Crippen LogP contribution is 2.22. The van der Waals surface area contributed by atoms with Gasteiger partial charge in [0.05, 0.1) is 17.5 Å². The lowest BCUT2D eigenvalue weighted by Gasteiger charge is -2.10. The largest absolute Gasteiger partial charge is 0.377 e. The Balaban J connectivity index is 2.22. The van der Waals surface area contributed by atoms with E-state index in [2.05, 4.69) is 48.3 Å². The molecule has 3 heteroatoms. The third-order valence-electron chi connectivity index (χ3n) is 3.31. The highest BCUT2D eigenvalue weighted by Gasteiger charge is 2.06. The molecule has 0 fully saturated rings. The van der Waals surface area contributed by atoms with E-state index in [4.69, 9.17) is 4.74 Å². The molecule has 1 aromatic carbocycles.